The normalized spacial score (nSPS) is 15.5. The van der Waals surface area contributed by atoms with E-state index in [0.717, 1.165) is 43.3 Å². The van der Waals surface area contributed by atoms with Crippen molar-refractivity contribution in [1.82, 2.24) is 14.7 Å². The number of para-hydroxylation sites is 1. The predicted octanol–water partition coefficient (Wildman–Crippen LogP) is 3.91. The molecule has 2 heterocycles. The summed E-state index contributed by atoms with van der Waals surface area (Å²) in [5.41, 5.74) is 2.50. The minimum Gasteiger partial charge on any atom is -0.343 e. The van der Waals surface area contributed by atoms with E-state index in [2.05, 4.69) is 47.6 Å². The first-order chi connectivity index (χ1) is 12.8. The summed E-state index contributed by atoms with van der Waals surface area (Å²) in [6, 6.07) is 18.8. The van der Waals surface area contributed by atoms with Gasteiger partial charge in [0.05, 0.1) is 18.3 Å². The highest BCUT2D eigenvalue weighted by atomic mass is 16.2. The van der Waals surface area contributed by atoms with Crippen LogP contribution in [0.4, 0.5) is 0 Å². The van der Waals surface area contributed by atoms with Gasteiger partial charge in [0.15, 0.2) is 0 Å². The average molecular weight is 347 g/mol. The lowest BCUT2D eigenvalue weighted by Crippen LogP contribution is -2.39. The summed E-state index contributed by atoms with van der Waals surface area (Å²) in [6.45, 7) is 2.42. The maximum absolute atomic E-state index is 12.6. The lowest BCUT2D eigenvalue weighted by Gasteiger charge is -2.32. The molecule has 4 nitrogen and oxygen atoms in total. The summed E-state index contributed by atoms with van der Waals surface area (Å²) in [7, 11) is 0. The van der Waals surface area contributed by atoms with Crippen LogP contribution in [0.25, 0.3) is 10.9 Å². The molecule has 134 valence electrons. The fourth-order valence-electron chi connectivity index (χ4n) is 3.90. The predicted molar refractivity (Wildman–Crippen MR) is 104 cm³/mol. The molecule has 3 aromatic rings. The van der Waals surface area contributed by atoms with E-state index in [4.69, 9.17) is 0 Å². The molecule has 0 N–H and O–H groups in total. The minimum absolute atomic E-state index is 0.253. The third-order valence-electron chi connectivity index (χ3n) is 5.42. The van der Waals surface area contributed by atoms with Crippen LogP contribution in [0.1, 0.15) is 24.8 Å². The summed E-state index contributed by atoms with van der Waals surface area (Å²) in [5.74, 6) is 0.944. The van der Waals surface area contributed by atoms with Crippen LogP contribution in [-0.2, 0) is 17.8 Å². The quantitative estimate of drug-likeness (QED) is 0.702. The van der Waals surface area contributed by atoms with Crippen molar-refractivity contribution in [3.05, 3.63) is 66.4 Å². The largest absolute Gasteiger partial charge is 0.343 e. The van der Waals surface area contributed by atoms with Crippen molar-refractivity contribution in [2.24, 2.45) is 5.92 Å². The zero-order valence-corrected chi connectivity index (χ0v) is 15.1. The molecule has 0 unspecified atom stereocenters. The molecule has 1 aliphatic rings. The average Bonchev–Trinajstić information content (AvgIpc) is 3.11. The highest BCUT2D eigenvalue weighted by molar-refractivity contribution is 5.79. The number of hydrogen-bond acceptors (Lipinski definition) is 2. The zero-order valence-electron chi connectivity index (χ0n) is 15.1. The van der Waals surface area contributed by atoms with Crippen molar-refractivity contribution in [3.63, 3.8) is 0 Å². The molecule has 0 bridgehead atoms. The Morgan fingerprint density at radius 3 is 2.54 bits per heavy atom. The van der Waals surface area contributed by atoms with Crippen LogP contribution in [0.2, 0.25) is 0 Å². The van der Waals surface area contributed by atoms with Gasteiger partial charge in [0.2, 0.25) is 5.91 Å². The Hall–Kier alpha value is -2.62. The van der Waals surface area contributed by atoms with E-state index < -0.39 is 0 Å². The summed E-state index contributed by atoms with van der Waals surface area (Å²) < 4.78 is 1.94. The SMILES string of the molecule is O=C(CCn1ncc2ccccc21)N1CCC(Cc2ccccc2)CC1. The molecule has 4 heteroatoms. The topological polar surface area (TPSA) is 38.1 Å². The number of hydrogen-bond donors (Lipinski definition) is 0. The van der Waals surface area contributed by atoms with E-state index in [-0.39, 0.29) is 5.91 Å². The lowest BCUT2D eigenvalue weighted by atomic mass is 9.90. The third-order valence-corrected chi connectivity index (χ3v) is 5.42. The van der Waals surface area contributed by atoms with Gasteiger partial charge in [0.25, 0.3) is 0 Å². The Bertz CT molecular complexity index is 863. The molecule has 2 aromatic carbocycles. The Morgan fingerprint density at radius 2 is 1.73 bits per heavy atom. The highest BCUT2D eigenvalue weighted by Crippen LogP contribution is 2.22. The molecule has 1 amide bonds. The van der Waals surface area contributed by atoms with Gasteiger partial charge in [-0.15, -0.1) is 0 Å². The van der Waals surface area contributed by atoms with Crippen LogP contribution in [0, 0.1) is 5.92 Å². The van der Waals surface area contributed by atoms with Gasteiger partial charge in [-0.25, -0.2) is 0 Å². The van der Waals surface area contributed by atoms with Crippen LogP contribution in [0.5, 0.6) is 0 Å². The van der Waals surface area contributed by atoms with Gasteiger partial charge in [-0.2, -0.15) is 5.10 Å². The molecule has 0 atom stereocenters. The molecule has 0 radical (unpaired) electrons. The van der Waals surface area contributed by atoms with Crippen LogP contribution < -0.4 is 0 Å². The van der Waals surface area contributed by atoms with Gasteiger partial charge in [0, 0.05) is 24.9 Å². The summed E-state index contributed by atoms with van der Waals surface area (Å²) in [5, 5.41) is 5.54. The summed E-state index contributed by atoms with van der Waals surface area (Å²) in [4.78, 5) is 14.6. The number of aromatic nitrogens is 2. The standard InChI is InChI=1S/C22H25N3O/c26-22(12-15-25-21-9-5-4-8-20(21)17-23-25)24-13-10-19(11-14-24)16-18-6-2-1-3-7-18/h1-9,17,19H,10-16H2. The van der Waals surface area contributed by atoms with E-state index in [1.54, 1.807) is 0 Å². The van der Waals surface area contributed by atoms with Gasteiger partial charge in [-0.3, -0.25) is 9.48 Å². The first-order valence-electron chi connectivity index (χ1n) is 9.52. The van der Waals surface area contributed by atoms with E-state index in [1.807, 2.05) is 27.9 Å². The highest BCUT2D eigenvalue weighted by Gasteiger charge is 2.22. The van der Waals surface area contributed by atoms with Crippen molar-refractivity contribution in [3.8, 4) is 0 Å². The molecule has 0 spiro atoms. The second kappa shape index (κ2) is 7.73. The maximum atomic E-state index is 12.6. The second-order valence-electron chi connectivity index (χ2n) is 7.19. The molecular weight excluding hydrogens is 322 g/mol. The summed E-state index contributed by atoms with van der Waals surface area (Å²) >= 11 is 0. The van der Waals surface area contributed by atoms with Crippen molar-refractivity contribution in [2.45, 2.75) is 32.2 Å². The van der Waals surface area contributed by atoms with E-state index in [9.17, 15) is 4.79 Å². The number of amides is 1. The van der Waals surface area contributed by atoms with Gasteiger partial charge in [0.1, 0.15) is 0 Å². The molecule has 1 aliphatic heterocycles. The minimum atomic E-state index is 0.253. The van der Waals surface area contributed by atoms with Gasteiger partial charge < -0.3 is 4.90 Å². The fourth-order valence-corrected chi connectivity index (χ4v) is 3.90. The number of carbonyl (C=O) groups excluding carboxylic acids is 1. The Kier molecular flexibility index (Phi) is 5.00. The molecule has 0 saturated carbocycles. The van der Waals surface area contributed by atoms with Crippen molar-refractivity contribution < 1.29 is 4.79 Å². The Morgan fingerprint density at radius 1 is 1.00 bits per heavy atom. The van der Waals surface area contributed by atoms with Crippen LogP contribution in [0.15, 0.2) is 60.8 Å². The fraction of sp³-hybridized carbons (Fsp3) is 0.364. The molecule has 26 heavy (non-hydrogen) atoms. The first-order valence-corrected chi connectivity index (χ1v) is 9.52. The number of likely N-dealkylation sites (tertiary alicyclic amines) is 1. The second-order valence-corrected chi connectivity index (χ2v) is 7.19. The molecule has 1 saturated heterocycles. The molecule has 0 aliphatic carbocycles. The molecular formula is C22H25N3O. The zero-order chi connectivity index (χ0) is 17.8. The van der Waals surface area contributed by atoms with Crippen LogP contribution in [-0.4, -0.2) is 33.7 Å². The third kappa shape index (κ3) is 3.79. The number of piperidine rings is 1. The maximum Gasteiger partial charge on any atom is 0.224 e. The molecule has 1 aromatic heterocycles. The van der Waals surface area contributed by atoms with Crippen LogP contribution >= 0.6 is 0 Å². The molecule has 4 rings (SSSR count). The van der Waals surface area contributed by atoms with Crippen molar-refractivity contribution in [1.29, 1.82) is 0 Å². The van der Waals surface area contributed by atoms with Crippen LogP contribution in [0.3, 0.4) is 0 Å². The Labute approximate surface area is 154 Å². The van der Waals surface area contributed by atoms with E-state index in [0.29, 0.717) is 18.9 Å². The van der Waals surface area contributed by atoms with Crippen molar-refractivity contribution in [2.75, 3.05) is 13.1 Å². The Balaban J connectivity index is 1.27. The number of carbonyl (C=O) groups is 1. The number of rotatable bonds is 5. The summed E-state index contributed by atoms with van der Waals surface area (Å²) in [6.07, 6.45) is 5.72. The van der Waals surface area contributed by atoms with Gasteiger partial charge in [-0.05, 0) is 36.8 Å². The smallest absolute Gasteiger partial charge is 0.224 e. The molecule has 1 fully saturated rings. The van der Waals surface area contributed by atoms with Gasteiger partial charge in [-0.1, -0.05) is 48.5 Å². The number of nitrogens with zero attached hydrogens (tertiary/aromatic N) is 3. The van der Waals surface area contributed by atoms with E-state index in [1.165, 1.54) is 5.56 Å². The number of aryl methyl sites for hydroxylation is 1. The van der Waals surface area contributed by atoms with E-state index >= 15 is 0 Å². The van der Waals surface area contributed by atoms with Crippen molar-refractivity contribution >= 4 is 16.8 Å². The number of fused-ring (bicyclic) bond motifs is 1. The number of benzene rings is 2. The first kappa shape index (κ1) is 16.8. The lowest BCUT2D eigenvalue weighted by molar-refractivity contribution is -0.132. The monoisotopic (exact) mass is 347 g/mol. The van der Waals surface area contributed by atoms with Gasteiger partial charge >= 0.3 is 0 Å².